The highest BCUT2D eigenvalue weighted by atomic mass is 16.4. The predicted molar refractivity (Wildman–Crippen MR) is 61.0 cm³/mol. The van der Waals surface area contributed by atoms with E-state index in [9.17, 15) is 9.59 Å². The molecule has 92 valence electrons. The fourth-order valence-corrected chi connectivity index (χ4v) is 2.37. The van der Waals surface area contributed by atoms with Crippen LogP contribution in [0.2, 0.25) is 0 Å². The second-order valence-electron chi connectivity index (χ2n) is 4.50. The number of nitrogens with one attached hydrogen (secondary N) is 1. The van der Waals surface area contributed by atoms with E-state index in [4.69, 9.17) is 5.11 Å². The Bertz CT molecular complexity index is 261. The number of carboxylic acid groups (broad SMARTS) is 1. The third-order valence-electron chi connectivity index (χ3n) is 3.50. The summed E-state index contributed by atoms with van der Waals surface area (Å²) >= 11 is 0. The Morgan fingerprint density at radius 1 is 1.25 bits per heavy atom. The molecule has 16 heavy (non-hydrogen) atoms. The summed E-state index contributed by atoms with van der Waals surface area (Å²) in [6, 6.07) is 0.183. The van der Waals surface area contributed by atoms with Crippen molar-refractivity contribution in [2.24, 2.45) is 11.8 Å². The number of aliphatic carboxylic acids is 1. The summed E-state index contributed by atoms with van der Waals surface area (Å²) in [5.41, 5.74) is 0. The van der Waals surface area contributed by atoms with Crippen LogP contribution in [-0.4, -0.2) is 23.0 Å². The van der Waals surface area contributed by atoms with Crippen LogP contribution in [0.4, 0.5) is 0 Å². The summed E-state index contributed by atoms with van der Waals surface area (Å²) in [5, 5.41) is 11.9. The average Bonchev–Trinajstić information content (AvgIpc) is 2.74. The maximum atomic E-state index is 11.9. The zero-order valence-corrected chi connectivity index (χ0v) is 10.0. The normalized spacial score (nSPS) is 24.7. The van der Waals surface area contributed by atoms with E-state index in [0.717, 1.165) is 19.3 Å². The molecular formula is C12H21NO3. The summed E-state index contributed by atoms with van der Waals surface area (Å²) < 4.78 is 0. The molecule has 0 unspecified atom stereocenters. The molecule has 1 aliphatic rings. The van der Waals surface area contributed by atoms with Crippen molar-refractivity contribution in [3.8, 4) is 0 Å². The summed E-state index contributed by atoms with van der Waals surface area (Å²) in [4.78, 5) is 22.9. The SMILES string of the molecule is CCC(CC)NC(=O)[C@@H]1CCC[C@@H]1C(=O)O. The Morgan fingerprint density at radius 2 is 1.81 bits per heavy atom. The van der Waals surface area contributed by atoms with E-state index >= 15 is 0 Å². The molecule has 1 amide bonds. The topological polar surface area (TPSA) is 66.4 Å². The van der Waals surface area contributed by atoms with Crippen LogP contribution in [0.3, 0.4) is 0 Å². The maximum Gasteiger partial charge on any atom is 0.307 e. The first-order valence-electron chi connectivity index (χ1n) is 6.13. The van der Waals surface area contributed by atoms with E-state index in [1.54, 1.807) is 0 Å². The largest absolute Gasteiger partial charge is 0.481 e. The van der Waals surface area contributed by atoms with Crippen LogP contribution < -0.4 is 5.32 Å². The van der Waals surface area contributed by atoms with Gasteiger partial charge in [-0.25, -0.2) is 0 Å². The highest BCUT2D eigenvalue weighted by molar-refractivity contribution is 5.85. The van der Waals surface area contributed by atoms with Crippen molar-refractivity contribution in [2.75, 3.05) is 0 Å². The highest BCUT2D eigenvalue weighted by Crippen LogP contribution is 2.32. The molecule has 0 heterocycles. The molecule has 4 heteroatoms. The molecule has 0 aromatic carbocycles. The third-order valence-corrected chi connectivity index (χ3v) is 3.50. The van der Waals surface area contributed by atoms with Gasteiger partial charge in [-0.05, 0) is 25.7 Å². The van der Waals surface area contributed by atoms with E-state index in [-0.39, 0.29) is 17.9 Å². The van der Waals surface area contributed by atoms with Crippen molar-refractivity contribution in [3.63, 3.8) is 0 Å². The fraction of sp³-hybridized carbons (Fsp3) is 0.833. The third kappa shape index (κ3) is 2.97. The first kappa shape index (κ1) is 13.0. The fourth-order valence-electron chi connectivity index (χ4n) is 2.37. The van der Waals surface area contributed by atoms with Crippen molar-refractivity contribution in [3.05, 3.63) is 0 Å². The Morgan fingerprint density at radius 3 is 2.31 bits per heavy atom. The summed E-state index contributed by atoms with van der Waals surface area (Å²) in [6.45, 7) is 4.05. The van der Waals surface area contributed by atoms with Gasteiger partial charge in [-0.3, -0.25) is 9.59 Å². The van der Waals surface area contributed by atoms with Crippen molar-refractivity contribution in [1.82, 2.24) is 5.32 Å². The molecule has 0 bridgehead atoms. The number of hydrogen-bond acceptors (Lipinski definition) is 2. The Labute approximate surface area is 96.4 Å². The molecule has 4 nitrogen and oxygen atoms in total. The molecule has 1 rings (SSSR count). The number of hydrogen-bond donors (Lipinski definition) is 2. The molecule has 0 aromatic rings. The molecule has 2 atom stereocenters. The summed E-state index contributed by atoms with van der Waals surface area (Å²) in [7, 11) is 0. The second kappa shape index (κ2) is 5.87. The van der Waals surface area contributed by atoms with Gasteiger partial charge in [-0.15, -0.1) is 0 Å². The van der Waals surface area contributed by atoms with E-state index in [0.29, 0.717) is 12.8 Å². The van der Waals surface area contributed by atoms with Gasteiger partial charge in [-0.1, -0.05) is 20.3 Å². The van der Waals surface area contributed by atoms with Crippen molar-refractivity contribution < 1.29 is 14.7 Å². The van der Waals surface area contributed by atoms with Crippen LogP contribution >= 0.6 is 0 Å². The minimum absolute atomic E-state index is 0.0707. The lowest BCUT2D eigenvalue weighted by Crippen LogP contribution is -2.40. The number of carboxylic acids is 1. The molecule has 0 radical (unpaired) electrons. The van der Waals surface area contributed by atoms with Crippen LogP contribution in [0.5, 0.6) is 0 Å². The van der Waals surface area contributed by atoms with Crippen molar-refractivity contribution >= 4 is 11.9 Å². The van der Waals surface area contributed by atoms with Crippen LogP contribution in [-0.2, 0) is 9.59 Å². The van der Waals surface area contributed by atoms with Crippen molar-refractivity contribution in [2.45, 2.75) is 52.0 Å². The highest BCUT2D eigenvalue weighted by Gasteiger charge is 2.37. The van der Waals surface area contributed by atoms with Gasteiger partial charge in [0.25, 0.3) is 0 Å². The van der Waals surface area contributed by atoms with Gasteiger partial charge >= 0.3 is 5.97 Å². The lowest BCUT2D eigenvalue weighted by molar-refractivity contribution is -0.146. The monoisotopic (exact) mass is 227 g/mol. The number of rotatable bonds is 5. The van der Waals surface area contributed by atoms with Crippen molar-refractivity contribution in [1.29, 1.82) is 0 Å². The van der Waals surface area contributed by atoms with E-state index in [2.05, 4.69) is 5.32 Å². The Hall–Kier alpha value is -1.06. The summed E-state index contributed by atoms with van der Waals surface area (Å²) in [5.74, 6) is -1.70. The summed E-state index contributed by atoms with van der Waals surface area (Å²) in [6.07, 6.45) is 3.98. The molecule has 0 aromatic heterocycles. The van der Waals surface area contributed by atoms with Gasteiger partial charge in [0.1, 0.15) is 0 Å². The molecule has 1 aliphatic carbocycles. The Kier molecular flexibility index (Phi) is 4.77. The van der Waals surface area contributed by atoms with E-state index in [1.807, 2.05) is 13.8 Å². The minimum Gasteiger partial charge on any atom is -0.481 e. The molecule has 0 aliphatic heterocycles. The first-order chi connectivity index (χ1) is 7.60. The zero-order valence-electron chi connectivity index (χ0n) is 10.0. The van der Waals surface area contributed by atoms with Crippen LogP contribution in [0, 0.1) is 11.8 Å². The Balaban J connectivity index is 2.56. The van der Waals surface area contributed by atoms with Crippen LogP contribution in [0.15, 0.2) is 0 Å². The molecule has 2 N–H and O–H groups in total. The standard InChI is InChI=1S/C12H21NO3/c1-3-8(4-2)13-11(14)9-6-5-7-10(9)12(15)16/h8-10H,3-7H2,1-2H3,(H,13,14)(H,15,16)/t9-,10+/m1/s1. The first-order valence-corrected chi connectivity index (χ1v) is 6.13. The van der Waals surface area contributed by atoms with Crippen LogP contribution in [0.1, 0.15) is 46.0 Å². The predicted octanol–water partition coefficient (Wildman–Crippen LogP) is 1.79. The number of carbonyl (C=O) groups is 2. The van der Waals surface area contributed by atoms with E-state index < -0.39 is 11.9 Å². The molecule has 0 saturated heterocycles. The molecule has 1 fully saturated rings. The lowest BCUT2D eigenvalue weighted by atomic mass is 9.95. The number of carbonyl (C=O) groups excluding carboxylic acids is 1. The molecular weight excluding hydrogens is 206 g/mol. The number of amides is 1. The maximum absolute atomic E-state index is 11.9. The quantitative estimate of drug-likeness (QED) is 0.752. The van der Waals surface area contributed by atoms with Crippen LogP contribution in [0.25, 0.3) is 0 Å². The van der Waals surface area contributed by atoms with E-state index in [1.165, 1.54) is 0 Å². The average molecular weight is 227 g/mol. The molecule has 1 saturated carbocycles. The van der Waals surface area contributed by atoms with Gasteiger partial charge in [-0.2, -0.15) is 0 Å². The van der Waals surface area contributed by atoms with Gasteiger partial charge < -0.3 is 10.4 Å². The van der Waals surface area contributed by atoms with Gasteiger partial charge in [0.2, 0.25) is 5.91 Å². The minimum atomic E-state index is -0.831. The van der Waals surface area contributed by atoms with Gasteiger partial charge in [0.05, 0.1) is 11.8 Å². The lowest BCUT2D eigenvalue weighted by Gasteiger charge is -2.20. The van der Waals surface area contributed by atoms with Gasteiger partial charge in [0, 0.05) is 6.04 Å². The second-order valence-corrected chi connectivity index (χ2v) is 4.50. The van der Waals surface area contributed by atoms with Gasteiger partial charge in [0.15, 0.2) is 0 Å². The zero-order chi connectivity index (χ0) is 12.1. The molecule has 0 spiro atoms. The smallest absolute Gasteiger partial charge is 0.307 e.